The van der Waals surface area contributed by atoms with Gasteiger partial charge in [0.2, 0.25) is 10.3 Å². The minimum atomic E-state index is 0.609. The summed E-state index contributed by atoms with van der Waals surface area (Å²) in [7, 11) is 2.96. The normalized spacial score (nSPS) is 11.7. The van der Waals surface area contributed by atoms with Gasteiger partial charge in [-0.25, -0.2) is 9.98 Å². The average Bonchev–Trinajstić information content (AvgIpc) is 3.41. The van der Waals surface area contributed by atoms with E-state index in [1.54, 1.807) is 12.4 Å². The van der Waals surface area contributed by atoms with Crippen molar-refractivity contribution in [3.05, 3.63) is 68.6 Å². The molecule has 0 spiro atoms. The zero-order valence-corrected chi connectivity index (χ0v) is 21.3. The zero-order valence-electron chi connectivity index (χ0n) is 14.8. The van der Waals surface area contributed by atoms with Gasteiger partial charge in [0, 0.05) is 21.4 Å². The van der Waals surface area contributed by atoms with Crippen LogP contribution in [0.25, 0.3) is 0 Å². The van der Waals surface area contributed by atoms with Crippen LogP contribution in [-0.2, 0) is 0 Å². The third-order valence-corrected chi connectivity index (χ3v) is 9.04. The Morgan fingerprint density at radius 3 is 1.43 bits per heavy atom. The summed E-state index contributed by atoms with van der Waals surface area (Å²) in [4.78, 5) is 8.76. The maximum atomic E-state index is 4.38. The third-order valence-electron chi connectivity index (χ3n) is 3.36. The van der Waals surface area contributed by atoms with E-state index < -0.39 is 0 Å². The van der Waals surface area contributed by atoms with E-state index >= 15 is 0 Å². The Labute approximate surface area is 205 Å². The molecule has 4 rings (SSSR count). The number of aromatic nitrogens is 4. The highest BCUT2D eigenvalue weighted by Crippen LogP contribution is 2.42. The molecule has 2 aromatic heterocycles. The van der Waals surface area contributed by atoms with Crippen molar-refractivity contribution in [3.63, 3.8) is 0 Å². The molecule has 30 heavy (non-hydrogen) atoms. The minimum absolute atomic E-state index is 0.609. The van der Waals surface area contributed by atoms with Crippen LogP contribution >= 0.6 is 76.1 Å². The van der Waals surface area contributed by atoms with Crippen molar-refractivity contribution in [1.29, 1.82) is 0 Å². The van der Waals surface area contributed by atoms with Crippen molar-refractivity contribution < 1.29 is 0 Å². The Kier molecular flexibility index (Phi) is 7.79. The van der Waals surface area contributed by atoms with E-state index in [0.717, 1.165) is 28.8 Å². The van der Waals surface area contributed by atoms with Gasteiger partial charge in [-0.1, -0.05) is 78.8 Å². The van der Waals surface area contributed by atoms with Crippen LogP contribution in [0.15, 0.2) is 76.1 Å². The molecule has 0 bridgehead atoms. The lowest BCUT2D eigenvalue weighted by Gasteiger charge is -1.91. The maximum absolute atomic E-state index is 4.38. The van der Waals surface area contributed by atoms with E-state index in [0.29, 0.717) is 10.3 Å². The van der Waals surface area contributed by atoms with E-state index in [1.807, 2.05) is 48.5 Å². The molecule has 0 saturated heterocycles. The quantitative estimate of drug-likeness (QED) is 0.165. The molecule has 0 fully saturated rings. The van der Waals surface area contributed by atoms with Crippen molar-refractivity contribution in [3.8, 4) is 0 Å². The first-order chi connectivity index (χ1) is 14.6. The first-order valence-electron chi connectivity index (χ1n) is 8.25. The molecule has 2 aromatic carbocycles. The van der Waals surface area contributed by atoms with Gasteiger partial charge >= 0.3 is 0 Å². The number of rotatable bonds is 7. The second kappa shape index (κ2) is 10.7. The molecule has 0 amide bonds. The van der Waals surface area contributed by atoms with E-state index in [2.05, 4.69) is 62.2 Å². The first kappa shape index (κ1) is 21.8. The highest BCUT2D eigenvalue weighted by Gasteiger charge is 2.09. The van der Waals surface area contributed by atoms with E-state index in [9.17, 15) is 0 Å². The molecule has 0 aliphatic heterocycles. The van der Waals surface area contributed by atoms with Crippen LogP contribution in [0.5, 0.6) is 0 Å². The lowest BCUT2D eigenvalue weighted by molar-refractivity contribution is 1.01. The smallest absolute Gasteiger partial charge is 0.226 e. The Morgan fingerprint density at radius 2 is 1.03 bits per heavy atom. The van der Waals surface area contributed by atoms with Gasteiger partial charge in [-0.3, -0.25) is 0 Å². The summed E-state index contributed by atoms with van der Waals surface area (Å²) in [5.41, 5.74) is 2.00. The van der Waals surface area contributed by atoms with Crippen molar-refractivity contribution in [2.24, 2.45) is 9.98 Å². The van der Waals surface area contributed by atoms with Gasteiger partial charge in [0.25, 0.3) is 0 Å². The molecule has 0 radical (unpaired) electrons. The van der Waals surface area contributed by atoms with Crippen molar-refractivity contribution in [2.75, 3.05) is 0 Å². The zero-order chi connectivity index (χ0) is 20.8. The van der Waals surface area contributed by atoms with Crippen molar-refractivity contribution in [1.82, 2.24) is 20.4 Å². The van der Waals surface area contributed by atoms with Crippen LogP contribution in [0.2, 0.25) is 0 Å². The largest absolute Gasteiger partial charge is 0.232 e. The van der Waals surface area contributed by atoms with E-state index in [-0.39, 0.29) is 0 Å². The van der Waals surface area contributed by atoms with Gasteiger partial charge in [0.1, 0.15) is 0 Å². The number of hydrogen-bond donors (Lipinski definition) is 0. The highest BCUT2D eigenvalue weighted by atomic mass is 79.9. The number of nitrogens with zero attached hydrogens (tertiary/aromatic N) is 6. The fourth-order valence-corrected chi connectivity index (χ4v) is 6.25. The fraction of sp³-hybridized carbons (Fsp3) is 0. The highest BCUT2D eigenvalue weighted by molar-refractivity contribution is 9.10. The summed E-state index contributed by atoms with van der Waals surface area (Å²) < 4.78 is 3.67. The fourth-order valence-electron chi connectivity index (χ4n) is 2.01. The number of benzene rings is 2. The predicted octanol–water partition coefficient (Wildman–Crippen LogP) is 7.22. The lowest BCUT2D eigenvalue weighted by Crippen LogP contribution is -1.78. The van der Waals surface area contributed by atoms with Gasteiger partial charge in [-0.2, -0.15) is 0 Å². The Balaban J connectivity index is 1.31. The van der Waals surface area contributed by atoms with Crippen LogP contribution in [0, 0.1) is 0 Å². The molecular formula is C18H10Br2N6S4. The Bertz CT molecular complexity index is 1080. The second-order valence-electron chi connectivity index (χ2n) is 5.49. The van der Waals surface area contributed by atoms with Crippen LogP contribution in [-0.4, -0.2) is 32.8 Å². The van der Waals surface area contributed by atoms with Crippen molar-refractivity contribution >= 4 is 98.8 Å². The van der Waals surface area contributed by atoms with Gasteiger partial charge in [-0.05, 0) is 57.0 Å². The number of halogens is 2. The Hall–Kier alpha value is -1.44. The van der Waals surface area contributed by atoms with E-state index in [4.69, 9.17) is 0 Å². The molecule has 2 heterocycles. The SMILES string of the molecule is Brc1ccc(/C=N/c2nnc(SSc3nnc(/N=C/c4ccc(Br)cc4)s3)s2)cc1. The summed E-state index contributed by atoms with van der Waals surface area (Å²) in [6.07, 6.45) is 3.55. The van der Waals surface area contributed by atoms with Crippen LogP contribution < -0.4 is 0 Å². The van der Waals surface area contributed by atoms with Gasteiger partial charge in [0.15, 0.2) is 8.68 Å². The maximum Gasteiger partial charge on any atom is 0.232 e. The molecule has 0 unspecified atom stereocenters. The first-order valence-corrected chi connectivity index (χ1v) is 13.6. The van der Waals surface area contributed by atoms with Gasteiger partial charge in [-0.15, -0.1) is 20.4 Å². The number of hydrogen-bond acceptors (Lipinski definition) is 10. The monoisotopic (exact) mass is 596 g/mol. The molecular weight excluding hydrogens is 588 g/mol. The Morgan fingerprint density at radius 1 is 0.633 bits per heavy atom. The predicted molar refractivity (Wildman–Crippen MR) is 134 cm³/mol. The van der Waals surface area contributed by atoms with Gasteiger partial charge < -0.3 is 0 Å². The molecule has 0 saturated carbocycles. The third kappa shape index (κ3) is 6.53. The summed E-state index contributed by atoms with van der Waals surface area (Å²) in [6, 6.07) is 15.8. The topological polar surface area (TPSA) is 76.3 Å². The summed E-state index contributed by atoms with van der Waals surface area (Å²) in [6.45, 7) is 0. The molecule has 0 aliphatic rings. The lowest BCUT2D eigenvalue weighted by atomic mass is 10.2. The van der Waals surface area contributed by atoms with Gasteiger partial charge in [0.05, 0.1) is 0 Å². The minimum Gasteiger partial charge on any atom is -0.226 e. The number of aliphatic imine (C=N–C) groups is 2. The molecule has 0 aliphatic carbocycles. The van der Waals surface area contributed by atoms with Crippen molar-refractivity contribution in [2.45, 2.75) is 8.68 Å². The average molecular weight is 598 g/mol. The molecule has 6 nitrogen and oxygen atoms in total. The summed E-state index contributed by atoms with van der Waals surface area (Å²) in [5.74, 6) is 0. The summed E-state index contributed by atoms with van der Waals surface area (Å²) >= 11 is 9.68. The molecule has 0 atom stereocenters. The van der Waals surface area contributed by atoms with Crippen LogP contribution in [0.1, 0.15) is 11.1 Å². The second-order valence-corrected chi connectivity index (χ2v) is 11.9. The molecule has 0 N–H and O–H groups in total. The molecule has 4 aromatic rings. The van der Waals surface area contributed by atoms with Crippen LogP contribution in [0.4, 0.5) is 10.3 Å². The van der Waals surface area contributed by atoms with Crippen LogP contribution in [0.3, 0.4) is 0 Å². The standard InChI is InChI=1S/C18H10Br2N6S4/c19-13-5-1-11(2-6-13)9-21-15-23-25-17(27-15)29-30-18-26-24-16(28-18)22-10-12-3-7-14(20)8-4-12/h1-10H/b21-9+,22-10+. The molecule has 12 heteroatoms. The summed E-state index contributed by atoms with van der Waals surface area (Å²) in [5, 5.41) is 17.7. The molecule has 150 valence electrons. The van der Waals surface area contributed by atoms with E-state index in [1.165, 1.54) is 44.3 Å².